The van der Waals surface area contributed by atoms with Gasteiger partial charge in [-0.2, -0.15) is 5.26 Å². The van der Waals surface area contributed by atoms with Crippen molar-refractivity contribution in [3.05, 3.63) is 53.6 Å². The molecule has 0 bridgehead atoms. The number of sulfonamides is 1. The maximum absolute atomic E-state index is 11.4. The molecule has 1 fully saturated rings. The van der Waals surface area contributed by atoms with Gasteiger partial charge in [-0.25, -0.2) is 8.42 Å². The van der Waals surface area contributed by atoms with Gasteiger partial charge >= 0.3 is 0 Å². The van der Waals surface area contributed by atoms with Crippen molar-refractivity contribution >= 4 is 15.7 Å². The smallest absolute Gasteiger partial charge is 0.229 e. The first kappa shape index (κ1) is 23.9. The Morgan fingerprint density at radius 2 is 1.84 bits per heavy atom. The predicted octanol–water partition coefficient (Wildman–Crippen LogP) is 2.69. The molecule has 0 amide bonds. The van der Waals surface area contributed by atoms with Crippen molar-refractivity contribution in [2.24, 2.45) is 0 Å². The maximum Gasteiger partial charge on any atom is 0.229 e. The molecule has 1 aliphatic carbocycles. The number of benzene rings is 2. The standard InChI is InChI=1S/C23H29N3O5S/c1-32(29,30)26-22-12-21(10-11-23(22)28)31-15-20(27)14-25-19-8-6-18(7-9-19)17-4-2-16(13-24)3-5-17/h2-5,10-12,18-20,25-28H,6-9,14-15H2,1H3/t18?,19?,20-/m0/s1. The molecule has 0 unspecified atom stereocenters. The number of anilines is 1. The van der Waals surface area contributed by atoms with Crippen LogP contribution in [0.15, 0.2) is 42.5 Å². The minimum atomic E-state index is -3.53. The Balaban J connectivity index is 1.40. The summed E-state index contributed by atoms with van der Waals surface area (Å²) in [7, 11) is -3.53. The second-order valence-corrected chi connectivity index (χ2v) is 9.96. The fourth-order valence-corrected chi connectivity index (χ4v) is 4.46. The Kier molecular flexibility index (Phi) is 7.96. The Hall–Kier alpha value is -2.80. The van der Waals surface area contributed by atoms with Crippen LogP contribution in [-0.4, -0.2) is 50.2 Å². The first-order valence-corrected chi connectivity index (χ1v) is 12.5. The molecule has 8 nitrogen and oxygen atoms in total. The summed E-state index contributed by atoms with van der Waals surface area (Å²) < 4.78 is 30.5. The summed E-state index contributed by atoms with van der Waals surface area (Å²) in [6.45, 7) is 0.426. The summed E-state index contributed by atoms with van der Waals surface area (Å²) in [5, 5.41) is 32.3. The zero-order chi connectivity index (χ0) is 23.1. The van der Waals surface area contributed by atoms with Gasteiger partial charge in [0.1, 0.15) is 24.2 Å². The van der Waals surface area contributed by atoms with Gasteiger partial charge in [-0.15, -0.1) is 0 Å². The van der Waals surface area contributed by atoms with Crippen LogP contribution in [0.4, 0.5) is 5.69 Å². The molecular weight excluding hydrogens is 430 g/mol. The highest BCUT2D eigenvalue weighted by Gasteiger charge is 2.22. The minimum Gasteiger partial charge on any atom is -0.506 e. The number of aliphatic hydroxyl groups excluding tert-OH is 1. The van der Waals surface area contributed by atoms with E-state index in [0.717, 1.165) is 31.9 Å². The van der Waals surface area contributed by atoms with Gasteiger partial charge in [-0.05, 0) is 61.4 Å². The number of rotatable bonds is 9. The SMILES string of the molecule is CS(=O)(=O)Nc1cc(OC[C@@H](O)CNC2CCC(c3ccc(C#N)cc3)CC2)ccc1O. The Bertz CT molecular complexity index is 1040. The van der Waals surface area contributed by atoms with Crippen LogP contribution in [0, 0.1) is 11.3 Å². The lowest BCUT2D eigenvalue weighted by Crippen LogP contribution is -2.39. The average Bonchev–Trinajstić information content (AvgIpc) is 2.77. The van der Waals surface area contributed by atoms with Crippen molar-refractivity contribution in [2.75, 3.05) is 24.1 Å². The first-order valence-electron chi connectivity index (χ1n) is 10.6. The molecule has 1 saturated carbocycles. The molecule has 1 aliphatic rings. The number of phenols is 1. The van der Waals surface area contributed by atoms with Crippen molar-refractivity contribution in [3.8, 4) is 17.6 Å². The van der Waals surface area contributed by atoms with Crippen molar-refractivity contribution < 1.29 is 23.4 Å². The number of phenolic OH excluding ortho intramolecular Hbond substituents is 1. The quantitative estimate of drug-likeness (QED) is 0.424. The molecule has 0 aliphatic heterocycles. The number of nitriles is 1. The van der Waals surface area contributed by atoms with E-state index < -0.39 is 16.1 Å². The third-order valence-corrected chi connectivity index (χ3v) is 6.18. The normalized spacial score (nSPS) is 19.7. The lowest BCUT2D eigenvalue weighted by atomic mass is 9.81. The third-order valence-electron chi connectivity index (χ3n) is 5.59. The number of nitrogens with zero attached hydrogens (tertiary/aromatic N) is 1. The summed E-state index contributed by atoms with van der Waals surface area (Å²) in [6.07, 6.45) is 4.40. The topological polar surface area (TPSA) is 132 Å². The Morgan fingerprint density at radius 3 is 2.47 bits per heavy atom. The maximum atomic E-state index is 11.4. The molecule has 1 atom stereocenters. The van der Waals surface area contributed by atoms with Crippen molar-refractivity contribution in [1.29, 1.82) is 5.26 Å². The summed E-state index contributed by atoms with van der Waals surface area (Å²) in [4.78, 5) is 0. The number of nitrogens with one attached hydrogen (secondary N) is 2. The van der Waals surface area contributed by atoms with E-state index in [0.29, 0.717) is 29.8 Å². The molecule has 3 rings (SSSR count). The van der Waals surface area contributed by atoms with Crippen LogP contribution >= 0.6 is 0 Å². The number of aliphatic hydroxyl groups is 1. The number of hydrogen-bond acceptors (Lipinski definition) is 7. The molecule has 32 heavy (non-hydrogen) atoms. The van der Waals surface area contributed by atoms with Gasteiger partial charge in [0.05, 0.1) is 23.6 Å². The van der Waals surface area contributed by atoms with Crippen molar-refractivity contribution in [3.63, 3.8) is 0 Å². The van der Waals surface area contributed by atoms with Gasteiger partial charge in [0, 0.05) is 18.7 Å². The molecule has 172 valence electrons. The number of ether oxygens (including phenoxy) is 1. The van der Waals surface area contributed by atoms with E-state index >= 15 is 0 Å². The van der Waals surface area contributed by atoms with Gasteiger partial charge in [0.25, 0.3) is 0 Å². The Labute approximate surface area is 188 Å². The van der Waals surface area contributed by atoms with Crippen LogP contribution in [0.25, 0.3) is 0 Å². The molecule has 0 radical (unpaired) electrons. The van der Waals surface area contributed by atoms with Crippen LogP contribution in [0.3, 0.4) is 0 Å². The molecule has 0 saturated heterocycles. The summed E-state index contributed by atoms with van der Waals surface area (Å²) in [5.74, 6) is 0.635. The summed E-state index contributed by atoms with van der Waals surface area (Å²) in [5.41, 5.74) is 1.97. The molecule has 0 aromatic heterocycles. The fourth-order valence-electron chi connectivity index (χ4n) is 3.90. The first-order chi connectivity index (χ1) is 15.2. The summed E-state index contributed by atoms with van der Waals surface area (Å²) >= 11 is 0. The number of aromatic hydroxyl groups is 1. The monoisotopic (exact) mass is 459 g/mol. The van der Waals surface area contributed by atoms with E-state index in [4.69, 9.17) is 10.00 Å². The van der Waals surface area contributed by atoms with Gasteiger partial charge < -0.3 is 20.3 Å². The van der Waals surface area contributed by atoms with E-state index in [1.165, 1.54) is 23.8 Å². The van der Waals surface area contributed by atoms with Gasteiger partial charge in [-0.3, -0.25) is 4.72 Å². The zero-order valence-electron chi connectivity index (χ0n) is 18.0. The van der Waals surface area contributed by atoms with E-state index in [1.54, 1.807) is 0 Å². The lowest BCUT2D eigenvalue weighted by molar-refractivity contribution is 0.101. The van der Waals surface area contributed by atoms with Crippen LogP contribution in [0.1, 0.15) is 42.7 Å². The fraction of sp³-hybridized carbons (Fsp3) is 0.435. The van der Waals surface area contributed by atoms with Crippen LogP contribution < -0.4 is 14.8 Å². The van der Waals surface area contributed by atoms with E-state index in [1.807, 2.05) is 24.3 Å². The molecule has 4 N–H and O–H groups in total. The largest absolute Gasteiger partial charge is 0.506 e. The van der Waals surface area contributed by atoms with E-state index in [9.17, 15) is 18.6 Å². The van der Waals surface area contributed by atoms with Crippen molar-refractivity contribution in [1.82, 2.24) is 5.32 Å². The highest BCUT2D eigenvalue weighted by atomic mass is 32.2. The van der Waals surface area contributed by atoms with Gasteiger partial charge in [-0.1, -0.05) is 12.1 Å². The zero-order valence-corrected chi connectivity index (χ0v) is 18.8. The number of hydrogen-bond donors (Lipinski definition) is 4. The molecule has 9 heteroatoms. The van der Waals surface area contributed by atoms with E-state index in [-0.39, 0.29) is 18.0 Å². The second-order valence-electron chi connectivity index (χ2n) is 8.21. The minimum absolute atomic E-state index is 0.0247. The van der Waals surface area contributed by atoms with Gasteiger partial charge in [0.15, 0.2) is 0 Å². The van der Waals surface area contributed by atoms with Gasteiger partial charge in [0.2, 0.25) is 10.0 Å². The predicted molar refractivity (Wildman–Crippen MR) is 122 cm³/mol. The average molecular weight is 460 g/mol. The molecular formula is C23H29N3O5S. The second kappa shape index (κ2) is 10.7. The van der Waals surface area contributed by atoms with E-state index in [2.05, 4.69) is 16.1 Å². The Morgan fingerprint density at radius 1 is 1.16 bits per heavy atom. The highest BCUT2D eigenvalue weighted by molar-refractivity contribution is 7.92. The van der Waals surface area contributed by atoms with Crippen LogP contribution in [0.5, 0.6) is 11.5 Å². The van der Waals surface area contributed by atoms with Crippen molar-refractivity contribution in [2.45, 2.75) is 43.7 Å². The third kappa shape index (κ3) is 7.12. The molecule has 0 heterocycles. The lowest BCUT2D eigenvalue weighted by Gasteiger charge is -2.30. The van der Waals surface area contributed by atoms with Crippen LogP contribution in [0.2, 0.25) is 0 Å². The molecule has 2 aromatic carbocycles. The summed E-state index contributed by atoms with van der Waals surface area (Å²) in [6, 6.07) is 14.5. The molecule has 0 spiro atoms. The molecule has 2 aromatic rings. The highest BCUT2D eigenvalue weighted by Crippen LogP contribution is 2.33. The van der Waals surface area contributed by atoms with Crippen LogP contribution in [-0.2, 0) is 10.0 Å².